The Morgan fingerprint density at radius 3 is 2.52 bits per heavy atom. The minimum absolute atomic E-state index is 0.115. The number of ether oxygens (including phenoxy) is 1. The van der Waals surface area contributed by atoms with E-state index >= 15 is 0 Å². The number of hydrogen-bond acceptors (Lipinski definition) is 4. The van der Waals surface area contributed by atoms with E-state index in [9.17, 15) is 0 Å². The molecule has 5 rings (SSSR count). The van der Waals surface area contributed by atoms with Crippen molar-refractivity contribution < 1.29 is 4.74 Å². The van der Waals surface area contributed by atoms with Crippen LogP contribution in [-0.4, -0.2) is 55.8 Å². The summed E-state index contributed by atoms with van der Waals surface area (Å²) < 4.78 is 6.62. The van der Waals surface area contributed by atoms with Gasteiger partial charge in [-0.3, -0.25) is 0 Å². The first kappa shape index (κ1) is 16.0. The Morgan fingerprint density at radius 1 is 1.00 bits per heavy atom. The number of aryl methyl sites for hydroxylation is 1. The first-order chi connectivity index (χ1) is 12.3. The molecule has 1 saturated carbocycles. The smallest absolute Gasteiger partial charge is 0.123 e. The molecule has 0 aromatic heterocycles. The summed E-state index contributed by atoms with van der Waals surface area (Å²) in [6.45, 7) is 6.88. The average Bonchev–Trinajstić information content (AvgIpc) is 2.63. The van der Waals surface area contributed by atoms with Gasteiger partial charge in [0.25, 0.3) is 0 Å². The largest absolute Gasteiger partial charge is 0.487 e. The molecule has 1 spiro atoms. The van der Waals surface area contributed by atoms with Crippen LogP contribution < -0.4 is 15.0 Å². The van der Waals surface area contributed by atoms with Gasteiger partial charge in [0.05, 0.1) is 0 Å². The van der Waals surface area contributed by atoms with E-state index in [2.05, 4.69) is 33.3 Å². The lowest BCUT2D eigenvalue weighted by Gasteiger charge is -2.48. The van der Waals surface area contributed by atoms with Gasteiger partial charge < -0.3 is 19.9 Å². The molecule has 3 heterocycles. The molecule has 0 atom stereocenters. The number of fused-ring (bicyclic) bond motifs is 1. The van der Waals surface area contributed by atoms with Gasteiger partial charge in [0, 0.05) is 51.0 Å². The minimum atomic E-state index is 0.115. The lowest BCUT2D eigenvalue weighted by molar-refractivity contribution is -0.0336. The van der Waals surface area contributed by atoms with E-state index in [0.717, 1.165) is 38.0 Å². The Labute approximate surface area is 151 Å². The van der Waals surface area contributed by atoms with Crippen LogP contribution in [0, 0.1) is 0 Å². The summed E-state index contributed by atoms with van der Waals surface area (Å²) in [6, 6.07) is 7.78. The third-order valence-electron chi connectivity index (χ3n) is 7.00. The summed E-state index contributed by atoms with van der Waals surface area (Å²) in [4.78, 5) is 5.22. The normalized spacial score (nSPS) is 26.8. The van der Waals surface area contributed by atoms with Crippen molar-refractivity contribution in [2.75, 3.05) is 44.2 Å². The molecule has 3 aliphatic heterocycles. The Bertz CT molecular complexity index is 614. The molecule has 0 unspecified atom stereocenters. The number of anilines is 1. The number of rotatable bonds is 2. The molecule has 4 nitrogen and oxygen atoms in total. The Balaban J connectivity index is 1.27. The highest BCUT2D eigenvalue weighted by molar-refractivity contribution is 5.54. The summed E-state index contributed by atoms with van der Waals surface area (Å²) >= 11 is 0. The van der Waals surface area contributed by atoms with Crippen molar-refractivity contribution in [2.24, 2.45) is 0 Å². The molecule has 4 heteroatoms. The maximum Gasteiger partial charge on any atom is 0.123 e. The van der Waals surface area contributed by atoms with Crippen LogP contribution in [0.1, 0.15) is 44.1 Å². The molecule has 2 saturated heterocycles. The third-order valence-corrected chi connectivity index (χ3v) is 7.00. The lowest BCUT2D eigenvalue weighted by atomic mass is 9.81. The zero-order chi connectivity index (χ0) is 16.7. The van der Waals surface area contributed by atoms with Crippen LogP contribution in [0.4, 0.5) is 5.69 Å². The number of likely N-dealkylation sites (tertiary alicyclic amines) is 1. The number of piperidine rings is 1. The maximum absolute atomic E-state index is 6.62. The van der Waals surface area contributed by atoms with E-state index < -0.39 is 0 Å². The van der Waals surface area contributed by atoms with Crippen LogP contribution in [0.15, 0.2) is 18.2 Å². The topological polar surface area (TPSA) is 27.7 Å². The second-order valence-corrected chi connectivity index (χ2v) is 8.43. The van der Waals surface area contributed by atoms with Crippen molar-refractivity contribution in [1.82, 2.24) is 10.2 Å². The van der Waals surface area contributed by atoms with Gasteiger partial charge in [-0.15, -0.1) is 0 Å². The summed E-state index contributed by atoms with van der Waals surface area (Å²) in [7, 11) is 0. The molecule has 136 valence electrons. The highest BCUT2D eigenvalue weighted by Gasteiger charge is 2.41. The van der Waals surface area contributed by atoms with Gasteiger partial charge in [0.15, 0.2) is 0 Å². The molecular weight excluding hydrogens is 310 g/mol. The predicted octanol–water partition coefficient (Wildman–Crippen LogP) is 2.81. The molecular formula is C21H31N3O. The molecule has 1 aromatic carbocycles. The number of benzene rings is 1. The van der Waals surface area contributed by atoms with Crippen molar-refractivity contribution in [3.63, 3.8) is 0 Å². The van der Waals surface area contributed by atoms with Crippen LogP contribution in [0.2, 0.25) is 0 Å². The number of nitrogens with one attached hydrogen (secondary N) is 1. The minimum Gasteiger partial charge on any atom is -0.487 e. The van der Waals surface area contributed by atoms with Gasteiger partial charge in [-0.25, -0.2) is 0 Å². The second kappa shape index (κ2) is 6.48. The highest BCUT2D eigenvalue weighted by atomic mass is 16.5. The van der Waals surface area contributed by atoms with Gasteiger partial charge in [-0.05, 0) is 62.3 Å². The van der Waals surface area contributed by atoms with Gasteiger partial charge in [-0.1, -0.05) is 6.42 Å². The van der Waals surface area contributed by atoms with Crippen molar-refractivity contribution in [3.8, 4) is 5.75 Å². The van der Waals surface area contributed by atoms with E-state index in [-0.39, 0.29) is 5.60 Å². The Morgan fingerprint density at radius 2 is 1.80 bits per heavy atom. The van der Waals surface area contributed by atoms with Gasteiger partial charge >= 0.3 is 0 Å². The summed E-state index contributed by atoms with van der Waals surface area (Å²) in [5, 5.41) is 3.44. The zero-order valence-electron chi connectivity index (χ0n) is 15.3. The fraction of sp³-hybridized carbons (Fsp3) is 0.714. The Hall–Kier alpha value is -1.26. The molecule has 25 heavy (non-hydrogen) atoms. The summed E-state index contributed by atoms with van der Waals surface area (Å²) in [5.74, 6) is 1.15. The molecule has 4 aliphatic rings. The maximum atomic E-state index is 6.62. The predicted molar refractivity (Wildman–Crippen MR) is 102 cm³/mol. The van der Waals surface area contributed by atoms with Gasteiger partial charge in [-0.2, -0.15) is 0 Å². The van der Waals surface area contributed by atoms with Crippen LogP contribution in [0.3, 0.4) is 0 Å². The zero-order valence-corrected chi connectivity index (χ0v) is 15.3. The third kappa shape index (κ3) is 3.04. The fourth-order valence-corrected chi connectivity index (χ4v) is 5.03. The molecule has 0 radical (unpaired) electrons. The van der Waals surface area contributed by atoms with E-state index in [4.69, 9.17) is 4.74 Å². The second-order valence-electron chi connectivity index (χ2n) is 8.43. The van der Waals surface area contributed by atoms with Gasteiger partial charge in [0.1, 0.15) is 11.4 Å². The molecule has 3 fully saturated rings. The first-order valence-electron chi connectivity index (χ1n) is 10.3. The molecule has 1 aliphatic carbocycles. The van der Waals surface area contributed by atoms with Crippen LogP contribution in [-0.2, 0) is 6.42 Å². The van der Waals surface area contributed by atoms with Crippen LogP contribution in [0.5, 0.6) is 5.75 Å². The van der Waals surface area contributed by atoms with E-state index in [1.807, 2.05) is 0 Å². The van der Waals surface area contributed by atoms with Crippen molar-refractivity contribution in [2.45, 2.75) is 56.6 Å². The number of piperazine rings is 1. The van der Waals surface area contributed by atoms with E-state index in [1.54, 1.807) is 0 Å². The van der Waals surface area contributed by atoms with Gasteiger partial charge in [0.2, 0.25) is 0 Å². The lowest BCUT2D eigenvalue weighted by Crippen LogP contribution is -2.53. The van der Waals surface area contributed by atoms with Crippen LogP contribution >= 0.6 is 0 Å². The number of nitrogens with zero attached hydrogens (tertiary/aromatic N) is 2. The van der Waals surface area contributed by atoms with Crippen LogP contribution in [0.25, 0.3) is 0 Å². The molecule has 1 N–H and O–H groups in total. The Kier molecular flexibility index (Phi) is 4.13. The summed E-state index contributed by atoms with van der Waals surface area (Å²) in [5.41, 5.74) is 2.91. The SMILES string of the molecule is c1cc2c(cc1N1CCNCC1)CCC1(CCN(C3CCC3)CC1)O2. The highest BCUT2D eigenvalue weighted by Crippen LogP contribution is 2.41. The van der Waals surface area contributed by atoms with E-state index in [1.165, 1.54) is 69.3 Å². The molecule has 0 amide bonds. The van der Waals surface area contributed by atoms with Crippen molar-refractivity contribution >= 4 is 5.69 Å². The quantitative estimate of drug-likeness (QED) is 0.895. The molecule has 0 bridgehead atoms. The standard InChI is InChI=1S/C21H31N3O/c1-2-18(3-1)23-12-8-21(9-13-23)7-6-17-16-19(4-5-20(17)25-21)24-14-10-22-11-15-24/h4-5,16,18,22H,1-3,6-15H2. The number of hydrogen-bond donors (Lipinski definition) is 1. The first-order valence-corrected chi connectivity index (χ1v) is 10.3. The van der Waals surface area contributed by atoms with E-state index in [0.29, 0.717) is 0 Å². The monoisotopic (exact) mass is 341 g/mol. The molecule has 1 aromatic rings. The summed E-state index contributed by atoms with van der Waals surface area (Å²) in [6.07, 6.45) is 9.08. The van der Waals surface area contributed by atoms with Crippen molar-refractivity contribution in [1.29, 1.82) is 0 Å². The van der Waals surface area contributed by atoms with Crippen molar-refractivity contribution in [3.05, 3.63) is 23.8 Å². The average molecular weight is 341 g/mol. The fourth-order valence-electron chi connectivity index (χ4n) is 5.03.